The average Bonchev–Trinajstić information content (AvgIpc) is 2.77. The van der Waals surface area contributed by atoms with Crippen molar-refractivity contribution >= 4 is 17.8 Å². The molecule has 0 radical (unpaired) electrons. The molecule has 5 nitrogen and oxygen atoms in total. The molecule has 1 aliphatic rings. The van der Waals surface area contributed by atoms with Gasteiger partial charge in [0.2, 0.25) is 0 Å². The Labute approximate surface area is 169 Å². The van der Waals surface area contributed by atoms with Gasteiger partial charge in [0, 0.05) is 30.4 Å². The highest BCUT2D eigenvalue weighted by atomic mass is 16.3. The molecule has 2 heterocycles. The van der Waals surface area contributed by atoms with E-state index in [4.69, 9.17) is 0 Å². The van der Waals surface area contributed by atoms with Gasteiger partial charge in [-0.2, -0.15) is 0 Å². The van der Waals surface area contributed by atoms with Gasteiger partial charge in [-0.25, -0.2) is 0 Å². The number of aromatic nitrogens is 1. The molecule has 0 bridgehead atoms. The Kier molecular flexibility index (Phi) is 5.20. The zero-order valence-corrected chi connectivity index (χ0v) is 15.7. The van der Waals surface area contributed by atoms with Crippen LogP contribution in [0.5, 0.6) is 5.75 Å². The summed E-state index contributed by atoms with van der Waals surface area (Å²) in [7, 11) is 0. The zero-order chi connectivity index (χ0) is 20.2. The molecule has 0 saturated carbocycles. The van der Waals surface area contributed by atoms with E-state index in [2.05, 4.69) is 4.98 Å². The quantitative estimate of drug-likeness (QED) is 0.700. The fourth-order valence-electron chi connectivity index (χ4n) is 3.51. The van der Waals surface area contributed by atoms with Gasteiger partial charge in [0.1, 0.15) is 5.75 Å². The van der Waals surface area contributed by atoms with E-state index in [1.165, 1.54) is 0 Å². The lowest BCUT2D eigenvalue weighted by Gasteiger charge is -2.34. The Bertz CT molecular complexity index is 1040. The van der Waals surface area contributed by atoms with Crippen molar-refractivity contribution < 1.29 is 14.7 Å². The van der Waals surface area contributed by atoms with Gasteiger partial charge in [0.25, 0.3) is 5.91 Å². The van der Waals surface area contributed by atoms with Crippen LogP contribution in [0.4, 0.5) is 0 Å². The molecule has 3 aromatic rings. The predicted molar refractivity (Wildman–Crippen MR) is 110 cm³/mol. The molecule has 0 aliphatic carbocycles. The predicted octanol–water partition coefficient (Wildman–Crippen LogP) is 3.68. The van der Waals surface area contributed by atoms with Gasteiger partial charge in [-0.1, -0.05) is 36.4 Å². The van der Waals surface area contributed by atoms with Crippen LogP contribution in [0.25, 0.3) is 6.08 Å². The Balaban J connectivity index is 1.71. The number of phenols is 1. The van der Waals surface area contributed by atoms with Crippen LogP contribution in [-0.4, -0.2) is 39.8 Å². The lowest BCUT2D eigenvalue weighted by Crippen LogP contribution is -2.44. The van der Waals surface area contributed by atoms with Crippen LogP contribution in [0.15, 0.2) is 84.6 Å². The third-order valence-electron chi connectivity index (χ3n) is 5.01. The maximum absolute atomic E-state index is 13.2. The van der Waals surface area contributed by atoms with Crippen molar-refractivity contribution in [1.82, 2.24) is 9.88 Å². The molecule has 0 spiro atoms. The monoisotopic (exact) mass is 384 g/mol. The van der Waals surface area contributed by atoms with E-state index in [9.17, 15) is 14.7 Å². The summed E-state index contributed by atoms with van der Waals surface area (Å²) in [5.41, 5.74) is 2.57. The van der Waals surface area contributed by atoms with Crippen molar-refractivity contribution in [2.24, 2.45) is 0 Å². The minimum Gasteiger partial charge on any atom is -0.508 e. The summed E-state index contributed by atoms with van der Waals surface area (Å²) in [5, 5.41) is 9.59. The minimum atomic E-state index is -0.494. The number of hydrogen-bond acceptors (Lipinski definition) is 4. The highest BCUT2D eigenvalue weighted by Crippen LogP contribution is 2.30. The molecule has 5 heteroatoms. The van der Waals surface area contributed by atoms with Gasteiger partial charge in [-0.3, -0.25) is 14.6 Å². The van der Waals surface area contributed by atoms with E-state index in [0.717, 1.165) is 5.56 Å². The van der Waals surface area contributed by atoms with Crippen molar-refractivity contribution in [2.45, 2.75) is 5.92 Å². The van der Waals surface area contributed by atoms with Crippen molar-refractivity contribution in [2.75, 3.05) is 13.1 Å². The molecule has 1 amide bonds. The number of aromatic hydroxyl groups is 1. The summed E-state index contributed by atoms with van der Waals surface area (Å²) in [4.78, 5) is 32.3. The van der Waals surface area contributed by atoms with E-state index in [1.54, 1.807) is 53.6 Å². The zero-order valence-electron chi connectivity index (χ0n) is 15.7. The highest BCUT2D eigenvalue weighted by molar-refractivity contribution is 6.07. The molecule has 1 atom stereocenters. The molecule has 2 aromatic carbocycles. The van der Waals surface area contributed by atoms with Gasteiger partial charge in [-0.15, -0.1) is 0 Å². The fourth-order valence-corrected chi connectivity index (χ4v) is 3.51. The third-order valence-corrected chi connectivity index (χ3v) is 5.01. The normalized spacial score (nSPS) is 18.1. The SMILES string of the molecule is O=C1C(=Cc2ccccn2)CN(C(=O)c2ccccc2)CC1c1ccc(O)cc1. The van der Waals surface area contributed by atoms with Crippen LogP contribution < -0.4 is 0 Å². The molecule has 29 heavy (non-hydrogen) atoms. The van der Waals surface area contributed by atoms with Crippen LogP contribution in [0.3, 0.4) is 0 Å². The third kappa shape index (κ3) is 4.09. The van der Waals surface area contributed by atoms with E-state index in [1.807, 2.05) is 36.4 Å². The molecule has 1 unspecified atom stereocenters. The van der Waals surface area contributed by atoms with Gasteiger partial charge in [0.15, 0.2) is 5.78 Å². The number of carbonyl (C=O) groups excluding carboxylic acids is 2. The molecule has 1 saturated heterocycles. The van der Waals surface area contributed by atoms with E-state index >= 15 is 0 Å². The number of amides is 1. The summed E-state index contributed by atoms with van der Waals surface area (Å²) in [6.45, 7) is 0.522. The summed E-state index contributed by atoms with van der Waals surface area (Å²) in [5.74, 6) is -0.502. The molecular weight excluding hydrogens is 364 g/mol. The summed E-state index contributed by atoms with van der Waals surface area (Å²) >= 11 is 0. The Morgan fingerprint density at radius 2 is 1.72 bits per heavy atom. The molecule has 1 aliphatic heterocycles. The first-order chi connectivity index (χ1) is 14.1. The summed E-state index contributed by atoms with van der Waals surface area (Å²) in [6.07, 6.45) is 3.42. The Morgan fingerprint density at radius 3 is 2.41 bits per heavy atom. The first-order valence-electron chi connectivity index (χ1n) is 9.41. The Hall–Kier alpha value is -3.73. The number of benzene rings is 2. The molecule has 4 rings (SSSR count). The molecule has 144 valence electrons. The number of phenolic OH excluding ortho intramolecular Hbond substituents is 1. The number of pyridine rings is 1. The van der Waals surface area contributed by atoms with Crippen molar-refractivity contribution in [3.8, 4) is 5.75 Å². The average molecular weight is 384 g/mol. The van der Waals surface area contributed by atoms with E-state index in [0.29, 0.717) is 16.8 Å². The molecule has 1 fully saturated rings. The van der Waals surface area contributed by atoms with Crippen molar-refractivity contribution in [3.05, 3.63) is 101 Å². The number of piperidine rings is 1. The number of Topliss-reactive ketones (excluding diaryl/α,β-unsaturated/α-hetero) is 1. The first-order valence-corrected chi connectivity index (χ1v) is 9.41. The van der Waals surface area contributed by atoms with E-state index < -0.39 is 5.92 Å². The number of rotatable bonds is 3. The van der Waals surface area contributed by atoms with Gasteiger partial charge in [0.05, 0.1) is 11.6 Å². The fraction of sp³-hybridized carbons (Fsp3) is 0.125. The van der Waals surface area contributed by atoms with Crippen molar-refractivity contribution in [3.63, 3.8) is 0 Å². The van der Waals surface area contributed by atoms with Crippen LogP contribution in [0, 0.1) is 0 Å². The van der Waals surface area contributed by atoms with Crippen LogP contribution in [-0.2, 0) is 4.79 Å². The second-order valence-corrected chi connectivity index (χ2v) is 6.98. The first kappa shape index (κ1) is 18.6. The molecular formula is C24H20N2O3. The number of ketones is 1. The summed E-state index contributed by atoms with van der Waals surface area (Å²) < 4.78 is 0. The second kappa shape index (κ2) is 8.10. The van der Waals surface area contributed by atoms with Gasteiger partial charge >= 0.3 is 0 Å². The maximum Gasteiger partial charge on any atom is 0.254 e. The van der Waals surface area contributed by atoms with Crippen LogP contribution >= 0.6 is 0 Å². The largest absolute Gasteiger partial charge is 0.508 e. The number of hydrogen-bond donors (Lipinski definition) is 1. The van der Waals surface area contributed by atoms with E-state index in [-0.39, 0.29) is 30.5 Å². The lowest BCUT2D eigenvalue weighted by molar-refractivity contribution is -0.118. The number of carbonyl (C=O) groups is 2. The van der Waals surface area contributed by atoms with Crippen LogP contribution in [0.1, 0.15) is 27.5 Å². The smallest absolute Gasteiger partial charge is 0.254 e. The van der Waals surface area contributed by atoms with Gasteiger partial charge < -0.3 is 10.0 Å². The second-order valence-electron chi connectivity index (χ2n) is 6.98. The van der Waals surface area contributed by atoms with Crippen LogP contribution in [0.2, 0.25) is 0 Å². The molecule has 1 aromatic heterocycles. The van der Waals surface area contributed by atoms with Crippen molar-refractivity contribution in [1.29, 1.82) is 0 Å². The molecule has 1 N–H and O–H groups in total. The Morgan fingerprint density at radius 1 is 1.00 bits per heavy atom. The lowest BCUT2D eigenvalue weighted by atomic mass is 9.85. The highest BCUT2D eigenvalue weighted by Gasteiger charge is 2.34. The maximum atomic E-state index is 13.2. The number of likely N-dealkylation sites (tertiary alicyclic amines) is 1. The number of nitrogens with zero attached hydrogens (tertiary/aromatic N) is 2. The van der Waals surface area contributed by atoms with Gasteiger partial charge in [-0.05, 0) is 48.0 Å². The topological polar surface area (TPSA) is 70.5 Å². The minimum absolute atomic E-state index is 0.0292. The standard InChI is InChI=1S/C24H20N2O3/c27-21-11-9-17(10-12-21)22-16-26(24(29)18-6-2-1-3-7-18)15-19(23(22)28)14-20-8-4-5-13-25-20/h1-14,22,27H,15-16H2. The summed E-state index contributed by atoms with van der Waals surface area (Å²) in [6, 6.07) is 21.1.